The van der Waals surface area contributed by atoms with Crippen LogP contribution < -0.4 is 9.47 Å². The summed E-state index contributed by atoms with van der Waals surface area (Å²) in [5, 5.41) is 8.96. The van der Waals surface area contributed by atoms with Crippen LogP contribution in [0.2, 0.25) is 0 Å². The van der Waals surface area contributed by atoms with Gasteiger partial charge in [-0.3, -0.25) is 0 Å². The van der Waals surface area contributed by atoms with Crippen LogP contribution in [0.4, 0.5) is 0 Å². The molecule has 0 fully saturated rings. The molecule has 0 aliphatic rings. The Bertz CT molecular complexity index is 623. The smallest absolute Gasteiger partial charge is 0.335 e. The van der Waals surface area contributed by atoms with Crippen molar-refractivity contribution >= 4 is 28.6 Å². The zero-order valence-electron chi connectivity index (χ0n) is 11.5. The molecule has 4 nitrogen and oxygen atoms in total. The Labute approximate surface area is 136 Å². The standard InChI is InChI=1S/C16H15IO4/c1-11-2-5-13(6-3-11)20-8-9-21-15-10-12(16(18)19)4-7-14(15)17/h2-7,10H,8-9H2,1H3,(H,18,19). The minimum absolute atomic E-state index is 0.213. The minimum atomic E-state index is -0.966. The summed E-state index contributed by atoms with van der Waals surface area (Å²) in [6.07, 6.45) is 0. The van der Waals surface area contributed by atoms with Crippen LogP contribution in [0, 0.1) is 10.5 Å². The van der Waals surface area contributed by atoms with Crippen molar-refractivity contribution in [3.8, 4) is 11.5 Å². The van der Waals surface area contributed by atoms with Crippen molar-refractivity contribution in [3.05, 3.63) is 57.2 Å². The molecular weight excluding hydrogens is 383 g/mol. The van der Waals surface area contributed by atoms with Gasteiger partial charge in [0.15, 0.2) is 0 Å². The molecular formula is C16H15IO4. The van der Waals surface area contributed by atoms with Crippen molar-refractivity contribution in [2.45, 2.75) is 6.92 Å². The lowest BCUT2D eigenvalue weighted by Crippen LogP contribution is -2.10. The first-order valence-electron chi connectivity index (χ1n) is 6.41. The van der Waals surface area contributed by atoms with Gasteiger partial charge in [0.25, 0.3) is 0 Å². The van der Waals surface area contributed by atoms with Gasteiger partial charge < -0.3 is 14.6 Å². The number of rotatable bonds is 6. The Morgan fingerprint density at radius 2 is 1.76 bits per heavy atom. The second-order valence-corrected chi connectivity index (χ2v) is 5.62. The molecule has 0 saturated carbocycles. The van der Waals surface area contributed by atoms with Crippen LogP contribution in [0.3, 0.4) is 0 Å². The van der Waals surface area contributed by atoms with Gasteiger partial charge in [-0.15, -0.1) is 0 Å². The molecule has 0 spiro atoms. The monoisotopic (exact) mass is 398 g/mol. The van der Waals surface area contributed by atoms with Gasteiger partial charge in [-0.1, -0.05) is 17.7 Å². The van der Waals surface area contributed by atoms with E-state index in [0.29, 0.717) is 19.0 Å². The number of benzene rings is 2. The lowest BCUT2D eigenvalue weighted by Gasteiger charge is -2.10. The van der Waals surface area contributed by atoms with E-state index in [-0.39, 0.29) is 5.56 Å². The summed E-state index contributed by atoms with van der Waals surface area (Å²) in [4.78, 5) is 10.9. The van der Waals surface area contributed by atoms with Crippen LogP contribution in [0.5, 0.6) is 11.5 Å². The summed E-state index contributed by atoms with van der Waals surface area (Å²) in [6, 6.07) is 12.6. The molecule has 0 amide bonds. The molecule has 21 heavy (non-hydrogen) atoms. The summed E-state index contributed by atoms with van der Waals surface area (Å²) in [6.45, 7) is 2.77. The quantitative estimate of drug-likeness (QED) is 0.595. The summed E-state index contributed by atoms with van der Waals surface area (Å²) in [5.74, 6) is 0.383. The highest BCUT2D eigenvalue weighted by Gasteiger charge is 2.07. The first-order chi connectivity index (χ1) is 10.1. The first kappa shape index (κ1) is 15.6. The van der Waals surface area contributed by atoms with Gasteiger partial charge in [-0.25, -0.2) is 4.79 Å². The molecule has 0 unspecified atom stereocenters. The largest absolute Gasteiger partial charge is 0.490 e. The van der Waals surface area contributed by atoms with Gasteiger partial charge in [-0.05, 0) is 59.8 Å². The average molecular weight is 398 g/mol. The van der Waals surface area contributed by atoms with Crippen molar-refractivity contribution < 1.29 is 19.4 Å². The SMILES string of the molecule is Cc1ccc(OCCOc2cc(C(=O)O)ccc2I)cc1. The predicted molar refractivity (Wildman–Crippen MR) is 88.3 cm³/mol. The van der Waals surface area contributed by atoms with E-state index in [1.165, 1.54) is 11.6 Å². The Balaban J connectivity index is 1.87. The van der Waals surface area contributed by atoms with E-state index < -0.39 is 5.97 Å². The molecule has 0 radical (unpaired) electrons. The highest BCUT2D eigenvalue weighted by Crippen LogP contribution is 2.22. The lowest BCUT2D eigenvalue weighted by atomic mass is 10.2. The second-order valence-electron chi connectivity index (χ2n) is 4.46. The fourth-order valence-corrected chi connectivity index (χ4v) is 2.18. The Morgan fingerprint density at radius 3 is 2.43 bits per heavy atom. The van der Waals surface area contributed by atoms with Gasteiger partial charge in [0.05, 0.1) is 9.13 Å². The van der Waals surface area contributed by atoms with Crippen molar-refractivity contribution in [2.24, 2.45) is 0 Å². The predicted octanol–water partition coefficient (Wildman–Crippen LogP) is 3.76. The van der Waals surface area contributed by atoms with Crippen LogP contribution in [-0.4, -0.2) is 24.3 Å². The number of halogens is 1. The maximum absolute atomic E-state index is 10.9. The third kappa shape index (κ3) is 4.63. The normalized spacial score (nSPS) is 10.2. The summed E-state index contributed by atoms with van der Waals surface area (Å²) in [5.41, 5.74) is 1.39. The number of aryl methyl sites for hydroxylation is 1. The third-order valence-electron chi connectivity index (χ3n) is 2.81. The van der Waals surface area contributed by atoms with Crippen LogP contribution in [0.15, 0.2) is 42.5 Å². The first-order valence-corrected chi connectivity index (χ1v) is 7.49. The third-order valence-corrected chi connectivity index (χ3v) is 3.70. The maximum atomic E-state index is 10.9. The molecule has 0 aromatic heterocycles. The van der Waals surface area contributed by atoms with E-state index in [9.17, 15) is 4.79 Å². The van der Waals surface area contributed by atoms with Gasteiger partial charge in [0.2, 0.25) is 0 Å². The van der Waals surface area contributed by atoms with E-state index in [1.54, 1.807) is 12.1 Å². The van der Waals surface area contributed by atoms with E-state index >= 15 is 0 Å². The van der Waals surface area contributed by atoms with E-state index in [1.807, 2.05) is 31.2 Å². The summed E-state index contributed by atoms with van der Waals surface area (Å²) in [7, 11) is 0. The fourth-order valence-electron chi connectivity index (χ4n) is 1.69. The van der Waals surface area contributed by atoms with Crippen molar-refractivity contribution in [1.29, 1.82) is 0 Å². The van der Waals surface area contributed by atoms with Crippen LogP contribution in [0.25, 0.3) is 0 Å². The Morgan fingerprint density at radius 1 is 1.10 bits per heavy atom. The van der Waals surface area contributed by atoms with Crippen LogP contribution >= 0.6 is 22.6 Å². The number of ether oxygens (including phenoxy) is 2. The zero-order valence-corrected chi connectivity index (χ0v) is 13.7. The molecule has 5 heteroatoms. The molecule has 110 valence electrons. The minimum Gasteiger partial charge on any atom is -0.490 e. The molecule has 1 N–H and O–H groups in total. The molecule has 0 saturated heterocycles. The number of carbonyl (C=O) groups is 1. The number of carboxylic acids is 1. The van der Waals surface area contributed by atoms with E-state index in [2.05, 4.69) is 22.6 Å². The molecule has 0 aliphatic carbocycles. The lowest BCUT2D eigenvalue weighted by molar-refractivity contribution is 0.0696. The van der Waals surface area contributed by atoms with Gasteiger partial charge >= 0.3 is 5.97 Å². The van der Waals surface area contributed by atoms with E-state index in [4.69, 9.17) is 14.6 Å². The Hall–Kier alpha value is -1.76. The fraction of sp³-hybridized carbons (Fsp3) is 0.188. The zero-order chi connectivity index (χ0) is 15.2. The number of hydrogen-bond donors (Lipinski definition) is 1. The molecule has 0 bridgehead atoms. The molecule has 2 aromatic carbocycles. The van der Waals surface area contributed by atoms with Crippen molar-refractivity contribution in [2.75, 3.05) is 13.2 Å². The number of aromatic carboxylic acids is 1. The average Bonchev–Trinajstić information content (AvgIpc) is 2.47. The van der Waals surface area contributed by atoms with E-state index in [0.717, 1.165) is 9.32 Å². The highest BCUT2D eigenvalue weighted by atomic mass is 127. The molecule has 0 heterocycles. The second kappa shape index (κ2) is 7.31. The van der Waals surface area contributed by atoms with Crippen LogP contribution in [-0.2, 0) is 0 Å². The number of carboxylic acid groups (broad SMARTS) is 1. The molecule has 2 aromatic rings. The Kier molecular flexibility index (Phi) is 5.44. The van der Waals surface area contributed by atoms with Crippen molar-refractivity contribution in [3.63, 3.8) is 0 Å². The van der Waals surface area contributed by atoms with Gasteiger partial charge in [0.1, 0.15) is 24.7 Å². The summed E-state index contributed by atoms with van der Waals surface area (Å²) >= 11 is 2.11. The van der Waals surface area contributed by atoms with Gasteiger partial charge in [-0.2, -0.15) is 0 Å². The topological polar surface area (TPSA) is 55.8 Å². The number of hydrogen-bond acceptors (Lipinski definition) is 3. The molecule has 0 aliphatic heterocycles. The van der Waals surface area contributed by atoms with Gasteiger partial charge in [0, 0.05) is 0 Å². The van der Waals surface area contributed by atoms with Crippen molar-refractivity contribution in [1.82, 2.24) is 0 Å². The molecule has 0 atom stereocenters. The summed E-state index contributed by atoms with van der Waals surface area (Å²) < 4.78 is 12.0. The maximum Gasteiger partial charge on any atom is 0.335 e. The highest BCUT2D eigenvalue weighted by molar-refractivity contribution is 14.1. The van der Waals surface area contributed by atoms with Crippen LogP contribution in [0.1, 0.15) is 15.9 Å². The molecule has 2 rings (SSSR count).